The first-order chi connectivity index (χ1) is 8.54. The van der Waals surface area contributed by atoms with E-state index in [4.69, 9.17) is 4.55 Å². The van der Waals surface area contributed by atoms with Gasteiger partial charge >= 0.3 is 15.4 Å². The van der Waals surface area contributed by atoms with Crippen LogP contribution in [-0.2, 0) is 10.1 Å². The number of nitrogens with one attached hydrogen (secondary N) is 1. The molecular formula is C9H8F2INO5S. The highest BCUT2D eigenvalue weighted by Crippen LogP contribution is 2.21. The number of carbonyl (C=O) groups is 1. The van der Waals surface area contributed by atoms with E-state index in [9.17, 15) is 27.1 Å². The van der Waals surface area contributed by atoms with E-state index in [0.717, 1.165) is 6.07 Å². The largest absolute Gasteiger partial charge is 0.507 e. The average molecular weight is 407 g/mol. The molecule has 0 saturated carbocycles. The summed E-state index contributed by atoms with van der Waals surface area (Å²) < 4.78 is 55.0. The molecule has 1 rings (SSSR count). The molecule has 0 heterocycles. The van der Waals surface area contributed by atoms with Gasteiger partial charge in [0, 0.05) is 5.56 Å². The van der Waals surface area contributed by atoms with Crippen LogP contribution in [0.15, 0.2) is 18.2 Å². The Morgan fingerprint density at radius 3 is 2.47 bits per heavy atom. The Bertz CT molecular complexity index is 605. The van der Waals surface area contributed by atoms with E-state index >= 15 is 0 Å². The summed E-state index contributed by atoms with van der Waals surface area (Å²) in [5.74, 6) is -1.22. The first kappa shape index (κ1) is 16.0. The third-order valence-electron chi connectivity index (χ3n) is 2.04. The molecule has 10 heteroatoms. The Morgan fingerprint density at radius 2 is 2.00 bits per heavy atom. The molecule has 0 radical (unpaired) electrons. The summed E-state index contributed by atoms with van der Waals surface area (Å²) in [7, 11) is -5.59. The molecule has 0 spiro atoms. The van der Waals surface area contributed by atoms with Gasteiger partial charge in [-0.05, 0) is 40.8 Å². The van der Waals surface area contributed by atoms with Crippen LogP contribution in [0, 0.1) is 3.57 Å². The normalized spacial score (nSPS) is 12.2. The fourth-order valence-electron chi connectivity index (χ4n) is 1.03. The number of phenolic OH excluding ortho intramolecular Hbond substituents is 1. The minimum atomic E-state index is -5.59. The molecule has 0 saturated heterocycles. The summed E-state index contributed by atoms with van der Waals surface area (Å²) in [6.45, 7) is -1.57. The first-order valence-corrected chi connectivity index (χ1v) is 7.18. The van der Waals surface area contributed by atoms with Crippen LogP contribution in [0.25, 0.3) is 0 Å². The SMILES string of the molecule is O=C(NCC(F)(F)S(=O)(=O)O)c1ccc(I)c(O)c1. The van der Waals surface area contributed by atoms with Gasteiger partial charge in [0.25, 0.3) is 5.91 Å². The first-order valence-electron chi connectivity index (χ1n) is 4.66. The molecule has 0 aliphatic rings. The van der Waals surface area contributed by atoms with Gasteiger partial charge < -0.3 is 10.4 Å². The zero-order valence-corrected chi connectivity index (χ0v) is 12.1. The Kier molecular flexibility index (Phi) is 4.68. The second-order valence-corrected chi connectivity index (χ2v) is 6.17. The van der Waals surface area contributed by atoms with Crippen molar-refractivity contribution in [2.24, 2.45) is 0 Å². The van der Waals surface area contributed by atoms with Gasteiger partial charge in [0.15, 0.2) is 0 Å². The highest BCUT2D eigenvalue weighted by atomic mass is 127. The molecule has 0 atom stereocenters. The Labute approximate surface area is 120 Å². The number of halogens is 3. The minimum Gasteiger partial charge on any atom is -0.507 e. The van der Waals surface area contributed by atoms with E-state index in [1.165, 1.54) is 12.1 Å². The maximum Gasteiger partial charge on any atom is 0.386 e. The molecule has 6 nitrogen and oxygen atoms in total. The van der Waals surface area contributed by atoms with Crippen molar-refractivity contribution in [2.45, 2.75) is 5.25 Å². The lowest BCUT2D eigenvalue weighted by atomic mass is 10.2. The molecule has 3 N–H and O–H groups in total. The number of benzene rings is 1. The number of rotatable bonds is 4. The summed E-state index contributed by atoms with van der Waals surface area (Å²) in [5.41, 5.74) is -0.121. The van der Waals surface area contributed by atoms with Crippen LogP contribution < -0.4 is 5.32 Å². The van der Waals surface area contributed by atoms with E-state index in [1.54, 1.807) is 27.9 Å². The van der Waals surface area contributed by atoms with E-state index in [1.807, 2.05) is 0 Å². The van der Waals surface area contributed by atoms with Crippen molar-refractivity contribution in [3.8, 4) is 5.75 Å². The topological polar surface area (TPSA) is 104 Å². The molecule has 0 aliphatic carbocycles. The Hall–Kier alpha value is -1.01. The van der Waals surface area contributed by atoms with Gasteiger partial charge in [-0.3, -0.25) is 9.35 Å². The lowest BCUT2D eigenvalue weighted by Crippen LogP contribution is -2.41. The maximum absolute atomic E-state index is 12.8. The molecule has 0 bridgehead atoms. The molecule has 1 amide bonds. The summed E-state index contributed by atoms with van der Waals surface area (Å²) in [4.78, 5) is 11.4. The number of aromatic hydroxyl groups is 1. The van der Waals surface area contributed by atoms with E-state index in [2.05, 4.69) is 0 Å². The number of hydrogen-bond acceptors (Lipinski definition) is 4. The third-order valence-corrected chi connectivity index (χ3v) is 3.85. The quantitative estimate of drug-likeness (QED) is 0.514. The molecule has 0 unspecified atom stereocenters. The standard InChI is InChI=1S/C9H8F2INO5S/c10-9(11,19(16,17)18)4-13-8(15)5-1-2-6(12)7(14)3-5/h1-3,14H,4H2,(H,13,15)(H,16,17,18). The molecule has 1 aromatic carbocycles. The number of hydrogen-bond donors (Lipinski definition) is 3. The van der Waals surface area contributed by atoms with Crippen LogP contribution in [0.1, 0.15) is 10.4 Å². The van der Waals surface area contributed by atoms with Gasteiger partial charge in [0.2, 0.25) is 0 Å². The second-order valence-electron chi connectivity index (χ2n) is 3.46. The third kappa shape index (κ3) is 3.98. The van der Waals surface area contributed by atoms with Gasteiger partial charge in [-0.15, -0.1) is 0 Å². The second kappa shape index (κ2) is 5.54. The van der Waals surface area contributed by atoms with Crippen LogP contribution >= 0.6 is 22.6 Å². The summed E-state index contributed by atoms with van der Waals surface area (Å²) in [6.07, 6.45) is 0. The van der Waals surface area contributed by atoms with Crippen molar-refractivity contribution in [1.82, 2.24) is 5.32 Å². The monoisotopic (exact) mass is 407 g/mol. The molecule has 0 aromatic heterocycles. The number of amides is 1. The van der Waals surface area contributed by atoms with Crippen molar-refractivity contribution in [3.05, 3.63) is 27.3 Å². The van der Waals surface area contributed by atoms with Crippen molar-refractivity contribution in [2.75, 3.05) is 6.54 Å². The Balaban J connectivity index is 2.79. The zero-order chi connectivity index (χ0) is 14.8. The highest BCUT2D eigenvalue weighted by Gasteiger charge is 2.44. The fourth-order valence-corrected chi connectivity index (χ4v) is 1.62. The molecule has 106 valence electrons. The minimum absolute atomic E-state index is 0.121. The van der Waals surface area contributed by atoms with Gasteiger partial charge in [0.05, 0.1) is 10.1 Å². The summed E-state index contributed by atoms with van der Waals surface area (Å²) in [6, 6.07) is 3.69. The molecule has 19 heavy (non-hydrogen) atoms. The van der Waals surface area contributed by atoms with Crippen LogP contribution in [0.5, 0.6) is 5.75 Å². The molecule has 0 aliphatic heterocycles. The van der Waals surface area contributed by atoms with Crippen molar-refractivity contribution < 1.29 is 31.7 Å². The van der Waals surface area contributed by atoms with Gasteiger partial charge in [0.1, 0.15) is 5.75 Å². The molecular weight excluding hydrogens is 399 g/mol. The molecule has 1 aromatic rings. The fraction of sp³-hybridized carbons (Fsp3) is 0.222. The lowest BCUT2D eigenvalue weighted by Gasteiger charge is -2.13. The number of phenols is 1. The van der Waals surface area contributed by atoms with E-state index < -0.39 is 27.8 Å². The smallest absolute Gasteiger partial charge is 0.386 e. The predicted octanol–water partition coefficient (Wildman–Crippen LogP) is 1.21. The van der Waals surface area contributed by atoms with Crippen LogP contribution in [-0.4, -0.2) is 35.8 Å². The van der Waals surface area contributed by atoms with Crippen LogP contribution in [0.3, 0.4) is 0 Å². The summed E-state index contributed by atoms with van der Waals surface area (Å²) >= 11 is 1.80. The van der Waals surface area contributed by atoms with Crippen LogP contribution in [0.2, 0.25) is 0 Å². The molecule has 0 fully saturated rings. The lowest BCUT2D eigenvalue weighted by molar-refractivity contribution is 0.0699. The van der Waals surface area contributed by atoms with Gasteiger partial charge in [-0.2, -0.15) is 17.2 Å². The Morgan fingerprint density at radius 1 is 1.42 bits per heavy atom. The van der Waals surface area contributed by atoms with Crippen molar-refractivity contribution in [1.29, 1.82) is 0 Å². The summed E-state index contributed by atoms with van der Waals surface area (Å²) in [5, 5.41) is 6.51. The van der Waals surface area contributed by atoms with E-state index in [0.29, 0.717) is 3.57 Å². The van der Waals surface area contributed by atoms with E-state index in [-0.39, 0.29) is 11.3 Å². The van der Waals surface area contributed by atoms with Crippen LogP contribution in [0.4, 0.5) is 8.78 Å². The van der Waals surface area contributed by atoms with Gasteiger partial charge in [-0.1, -0.05) is 0 Å². The number of carbonyl (C=O) groups excluding carboxylic acids is 1. The predicted molar refractivity (Wildman–Crippen MR) is 69.7 cm³/mol. The van der Waals surface area contributed by atoms with Crippen molar-refractivity contribution >= 4 is 38.6 Å². The highest BCUT2D eigenvalue weighted by molar-refractivity contribution is 14.1. The number of alkyl halides is 2. The van der Waals surface area contributed by atoms with Crippen molar-refractivity contribution in [3.63, 3.8) is 0 Å². The van der Waals surface area contributed by atoms with Gasteiger partial charge in [-0.25, -0.2) is 0 Å². The average Bonchev–Trinajstić information content (AvgIpc) is 2.28. The zero-order valence-electron chi connectivity index (χ0n) is 9.10. The maximum atomic E-state index is 12.8.